The molecule has 2 aromatic rings. The Kier molecular flexibility index (Phi) is 4.41. The highest BCUT2D eigenvalue weighted by molar-refractivity contribution is 7.98. The van der Waals surface area contributed by atoms with Gasteiger partial charge in [-0.15, -0.1) is 11.8 Å². The summed E-state index contributed by atoms with van der Waals surface area (Å²) in [5.41, 5.74) is 7.94. The van der Waals surface area contributed by atoms with E-state index in [9.17, 15) is 0 Å². The molecule has 2 heterocycles. The molecule has 1 aliphatic rings. The summed E-state index contributed by atoms with van der Waals surface area (Å²) < 4.78 is 0. The van der Waals surface area contributed by atoms with Crippen molar-refractivity contribution < 1.29 is 0 Å². The first kappa shape index (κ1) is 14.4. The Bertz CT molecular complexity index is 599. The van der Waals surface area contributed by atoms with Crippen molar-refractivity contribution in [2.75, 3.05) is 24.2 Å². The van der Waals surface area contributed by atoms with Crippen LogP contribution in [0.1, 0.15) is 12.8 Å². The number of aromatic nitrogens is 2. The molecule has 0 saturated carbocycles. The van der Waals surface area contributed by atoms with Crippen molar-refractivity contribution in [3.05, 3.63) is 36.5 Å². The third-order valence-electron chi connectivity index (χ3n) is 3.93. The van der Waals surface area contributed by atoms with E-state index in [1.807, 2.05) is 12.3 Å². The van der Waals surface area contributed by atoms with Crippen LogP contribution >= 0.6 is 11.8 Å². The molecule has 2 N–H and O–H groups in total. The molecule has 1 fully saturated rings. The van der Waals surface area contributed by atoms with Crippen LogP contribution < -0.4 is 10.6 Å². The topological polar surface area (TPSA) is 55.0 Å². The summed E-state index contributed by atoms with van der Waals surface area (Å²) in [4.78, 5) is 12.7. The number of thioether (sulfide) groups is 1. The van der Waals surface area contributed by atoms with E-state index in [2.05, 4.69) is 40.4 Å². The van der Waals surface area contributed by atoms with Gasteiger partial charge >= 0.3 is 0 Å². The van der Waals surface area contributed by atoms with E-state index >= 15 is 0 Å². The molecule has 5 heteroatoms. The summed E-state index contributed by atoms with van der Waals surface area (Å²) >= 11 is 1.74. The summed E-state index contributed by atoms with van der Waals surface area (Å²) in [6, 6.07) is 10.8. The largest absolute Gasteiger partial charge is 0.337 e. The highest BCUT2D eigenvalue weighted by atomic mass is 32.2. The fourth-order valence-electron chi connectivity index (χ4n) is 2.75. The molecule has 1 atom stereocenters. The molecule has 1 aromatic carbocycles. The quantitative estimate of drug-likeness (QED) is 0.880. The van der Waals surface area contributed by atoms with Gasteiger partial charge in [-0.25, -0.2) is 9.97 Å². The maximum absolute atomic E-state index is 5.84. The Morgan fingerprint density at radius 2 is 2.10 bits per heavy atom. The maximum Gasteiger partial charge on any atom is 0.226 e. The summed E-state index contributed by atoms with van der Waals surface area (Å²) in [7, 11) is 0. The summed E-state index contributed by atoms with van der Waals surface area (Å²) in [6.07, 6.45) is 6.22. The number of nitrogens with two attached hydrogens (primary N) is 1. The first-order valence-corrected chi connectivity index (χ1v) is 8.48. The summed E-state index contributed by atoms with van der Waals surface area (Å²) in [6.45, 7) is 1.66. The van der Waals surface area contributed by atoms with Gasteiger partial charge < -0.3 is 10.6 Å². The van der Waals surface area contributed by atoms with E-state index in [1.54, 1.807) is 11.8 Å². The van der Waals surface area contributed by atoms with Crippen LogP contribution in [-0.2, 0) is 0 Å². The molecule has 21 heavy (non-hydrogen) atoms. The fourth-order valence-corrected chi connectivity index (χ4v) is 3.16. The number of anilines is 1. The lowest BCUT2D eigenvalue weighted by atomic mass is 10.1. The number of nitrogens with zero attached hydrogens (tertiary/aromatic N) is 3. The van der Waals surface area contributed by atoms with Crippen molar-refractivity contribution in [3.63, 3.8) is 0 Å². The molecule has 1 unspecified atom stereocenters. The average Bonchev–Trinajstić information content (AvgIpc) is 3.04. The zero-order valence-corrected chi connectivity index (χ0v) is 13.0. The normalized spacial score (nSPS) is 18.2. The maximum atomic E-state index is 5.84. The van der Waals surface area contributed by atoms with Crippen molar-refractivity contribution in [1.82, 2.24) is 9.97 Å². The Labute approximate surface area is 129 Å². The summed E-state index contributed by atoms with van der Waals surface area (Å²) in [5, 5.41) is 0. The highest BCUT2D eigenvalue weighted by Crippen LogP contribution is 2.25. The van der Waals surface area contributed by atoms with Gasteiger partial charge in [-0.2, -0.15) is 0 Å². The van der Waals surface area contributed by atoms with Gasteiger partial charge in [-0.1, -0.05) is 12.1 Å². The molecule has 1 saturated heterocycles. The predicted octanol–water partition coefficient (Wildman–Crippen LogP) is 2.79. The number of hydrogen-bond acceptors (Lipinski definition) is 5. The Morgan fingerprint density at radius 1 is 1.29 bits per heavy atom. The molecule has 1 aromatic heterocycles. The van der Waals surface area contributed by atoms with Gasteiger partial charge in [0.05, 0.1) is 5.69 Å². The van der Waals surface area contributed by atoms with Gasteiger partial charge in [0.2, 0.25) is 5.95 Å². The molecule has 0 radical (unpaired) electrons. The van der Waals surface area contributed by atoms with E-state index in [0.717, 1.165) is 36.6 Å². The van der Waals surface area contributed by atoms with Crippen molar-refractivity contribution in [1.29, 1.82) is 0 Å². The van der Waals surface area contributed by atoms with Gasteiger partial charge in [-0.3, -0.25) is 0 Å². The summed E-state index contributed by atoms with van der Waals surface area (Å²) in [5.74, 6) is 0.800. The Balaban J connectivity index is 1.88. The molecule has 3 rings (SSSR count). The van der Waals surface area contributed by atoms with Crippen LogP contribution in [0.5, 0.6) is 0 Å². The fraction of sp³-hybridized carbons (Fsp3) is 0.375. The second-order valence-electron chi connectivity index (χ2n) is 5.20. The first-order valence-electron chi connectivity index (χ1n) is 7.26. The van der Waals surface area contributed by atoms with Crippen LogP contribution in [0, 0.1) is 0 Å². The predicted molar refractivity (Wildman–Crippen MR) is 88.7 cm³/mol. The van der Waals surface area contributed by atoms with Gasteiger partial charge in [0, 0.05) is 35.8 Å². The minimum Gasteiger partial charge on any atom is -0.337 e. The van der Waals surface area contributed by atoms with Gasteiger partial charge in [-0.05, 0) is 37.3 Å². The minimum absolute atomic E-state index is 0.374. The Hall–Kier alpha value is -1.59. The van der Waals surface area contributed by atoms with E-state index < -0.39 is 0 Å². The molecule has 0 amide bonds. The molecule has 110 valence electrons. The number of benzene rings is 1. The zero-order valence-electron chi connectivity index (χ0n) is 12.2. The van der Waals surface area contributed by atoms with Crippen molar-refractivity contribution in [3.8, 4) is 11.3 Å². The molecular formula is C16H20N4S. The smallest absolute Gasteiger partial charge is 0.226 e. The third kappa shape index (κ3) is 3.04. The molecule has 4 nitrogen and oxygen atoms in total. The number of rotatable bonds is 4. The lowest BCUT2D eigenvalue weighted by molar-refractivity contribution is 0.664. The standard InChI is InChI=1S/C16H20N4S/c1-21-14-6-4-12(5-7-14)15-8-9-18-16(19-15)20-10-2-3-13(20)11-17/h4-9,13H,2-3,10-11,17H2,1H3. The minimum atomic E-state index is 0.374. The lowest BCUT2D eigenvalue weighted by Gasteiger charge is -2.23. The number of hydrogen-bond donors (Lipinski definition) is 1. The molecule has 0 spiro atoms. The lowest BCUT2D eigenvalue weighted by Crippen LogP contribution is -2.36. The average molecular weight is 300 g/mol. The van der Waals surface area contributed by atoms with Crippen LogP contribution in [0.4, 0.5) is 5.95 Å². The van der Waals surface area contributed by atoms with Crippen LogP contribution in [0.25, 0.3) is 11.3 Å². The van der Waals surface area contributed by atoms with E-state index in [0.29, 0.717) is 12.6 Å². The first-order chi connectivity index (χ1) is 10.3. The van der Waals surface area contributed by atoms with E-state index in [4.69, 9.17) is 10.7 Å². The molecule has 0 aliphatic carbocycles. The third-order valence-corrected chi connectivity index (χ3v) is 4.68. The van der Waals surface area contributed by atoms with Gasteiger partial charge in [0.25, 0.3) is 0 Å². The molecular weight excluding hydrogens is 280 g/mol. The van der Waals surface area contributed by atoms with Crippen LogP contribution in [0.3, 0.4) is 0 Å². The SMILES string of the molecule is CSc1ccc(-c2ccnc(N3CCCC3CN)n2)cc1. The second-order valence-corrected chi connectivity index (χ2v) is 6.08. The van der Waals surface area contributed by atoms with Crippen LogP contribution in [-0.4, -0.2) is 35.4 Å². The van der Waals surface area contributed by atoms with Gasteiger partial charge in [0.15, 0.2) is 0 Å². The second kappa shape index (κ2) is 6.45. The van der Waals surface area contributed by atoms with E-state index in [-0.39, 0.29) is 0 Å². The van der Waals surface area contributed by atoms with Crippen molar-refractivity contribution in [2.45, 2.75) is 23.8 Å². The van der Waals surface area contributed by atoms with E-state index in [1.165, 1.54) is 4.90 Å². The molecule has 1 aliphatic heterocycles. The van der Waals surface area contributed by atoms with Crippen LogP contribution in [0.2, 0.25) is 0 Å². The Morgan fingerprint density at radius 3 is 2.81 bits per heavy atom. The zero-order chi connectivity index (χ0) is 14.7. The molecule has 0 bridgehead atoms. The highest BCUT2D eigenvalue weighted by Gasteiger charge is 2.25. The van der Waals surface area contributed by atoms with Gasteiger partial charge in [0.1, 0.15) is 0 Å². The van der Waals surface area contributed by atoms with Crippen molar-refractivity contribution >= 4 is 17.7 Å². The monoisotopic (exact) mass is 300 g/mol. The van der Waals surface area contributed by atoms with Crippen molar-refractivity contribution in [2.24, 2.45) is 5.73 Å². The van der Waals surface area contributed by atoms with Crippen LogP contribution in [0.15, 0.2) is 41.4 Å².